The monoisotopic (exact) mass is 446 g/mol. The number of carbonyl (C=O) groups excluding carboxylic acids is 1. The molecule has 0 saturated heterocycles. The number of rotatable bonds is 5. The van der Waals surface area contributed by atoms with Gasteiger partial charge in [0.25, 0.3) is 0 Å². The van der Waals surface area contributed by atoms with Crippen LogP contribution < -0.4 is 15.8 Å². The predicted molar refractivity (Wildman–Crippen MR) is 123 cm³/mol. The summed E-state index contributed by atoms with van der Waals surface area (Å²) in [7, 11) is 1.53. The third kappa shape index (κ3) is 3.65. The SMILES string of the molecule is COc1cc(-n2c3c(c4ncnc(N)c42)CCC3)ccc1NC(=O)Cc1ncc(C)cc1F. The number of hydrogen-bond acceptors (Lipinski definition) is 6. The molecule has 0 spiro atoms. The van der Waals surface area contributed by atoms with E-state index in [0.29, 0.717) is 22.8 Å². The molecule has 33 heavy (non-hydrogen) atoms. The summed E-state index contributed by atoms with van der Waals surface area (Å²) in [6, 6.07) is 6.84. The van der Waals surface area contributed by atoms with Crippen LogP contribution >= 0.6 is 0 Å². The first kappa shape index (κ1) is 20.9. The third-order valence-electron chi connectivity index (χ3n) is 5.92. The number of aryl methyl sites for hydroxylation is 2. The zero-order valence-corrected chi connectivity index (χ0v) is 18.4. The summed E-state index contributed by atoms with van der Waals surface area (Å²) in [4.78, 5) is 25.2. The summed E-state index contributed by atoms with van der Waals surface area (Å²) >= 11 is 0. The van der Waals surface area contributed by atoms with Crippen LogP contribution in [0.5, 0.6) is 5.75 Å². The van der Waals surface area contributed by atoms with Crippen molar-refractivity contribution >= 4 is 28.4 Å². The average Bonchev–Trinajstić information content (AvgIpc) is 3.38. The van der Waals surface area contributed by atoms with Gasteiger partial charge in [-0.15, -0.1) is 0 Å². The Balaban J connectivity index is 1.48. The number of anilines is 2. The molecule has 168 valence electrons. The topological polar surface area (TPSA) is 108 Å². The molecule has 0 atom stereocenters. The first-order valence-electron chi connectivity index (χ1n) is 10.7. The maximum atomic E-state index is 14.1. The number of ether oxygens (including phenoxy) is 1. The van der Waals surface area contributed by atoms with Crippen molar-refractivity contribution in [2.24, 2.45) is 0 Å². The summed E-state index contributed by atoms with van der Waals surface area (Å²) in [5.41, 5.74) is 12.3. The number of nitrogen functional groups attached to an aromatic ring is 1. The highest BCUT2D eigenvalue weighted by molar-refractivity contribution is 5.94. The summed E-state index contributed by atoms with van der Waals surface area (Å²) in [5.74, 6) is 0.00226. The second-order valence-corrected chi connectivity index (χ2v) is 8.12. The minimum absolute atomic E-state index is 0.0959. The lowest BCUT2D eigenvalue weighted by Gasteiger charge is -2.15. The van der Waals surface area contributed by atoms with Gasteiger partial charge in [-0.3, -0.25) is 9.78 Å². The molecule has 0 fully saturated rings. The molecule has 1 aliphatic rings. The van der Waals surface area contributed by atoms with Crippen LogP contribution in [-0.2, 0) is 24.1 Å². The van der Waals surface area contributed by atoms with Gasteiger partial charge in [-0.1, -0.05) is 0 Å². The molecule has 0 aliphatic heterocycles. The fraction of sp³-hybridized carbons (Fsp3) is 0.250. The number of nitrogens with zero attached hydrogens (tertiary/aromatic N) is 4. The molecule has 1 aliphatic carbocycles. The van der Waals surface area contributed by atoms with Crippen LogP contribution in [0.2, 0.25) is 0 Å². The summed E-state index contributed by atoms with van der Waals surface area (Å²) in [6.45, 7) is 1.75. The molecule has 0 unspecified atom stereocenters. The molecule has 9 heteroatoms. The second kappa shape index (κ2) is 8.16. The Hall–Kier alpha value is -4.01. The van der Waals surface area contributed by atoms with E-state index in [1.807, 2.05) is 12.1 Å². The van der Waals surface area contributed by atoms with Crippen molar-refractivity contribution in [2.45, 2.75) is 32.6 Å². The first-order chi connectivity index (χ1) is 16.0. The van der Waals surface area contributed by atoms with E-state index in [4.69, 9.17) is 10.5 Å². The van der Waals surface area contributed by atoms with Crippen molar-refractivity contribution in [3.8, 4) is 11.4 Å². The van der Waals surface area contributed by atoms with E-state index in [-0.39, 0.29) is 18.0 Å². The smallest absolute Gasteiger partial charge is 0.230 e. The van der Waals surface area contributed by atoms with Crippen molar-refractivity contribution in [3.05, 3.63) is 65.1 Å². The Labute approximate surface area is 189 Å². The molecule has 0 radical (unpaired) electrons. The van der Waals surface area contributed by atoms with Crippen LogP contribution in [-0.4, -0.2) is 32.5 Å². The Kier molecular flexibility index (Phi) is 5.16. The van der Waals surface area contributed by atoms with E-state index >= 15 is 0 Å². The maximum Gasteiger partial charge on any atom is 0.230 e. The number of benzene rings is 1. The normalized spacial score (nSPS) is 12.7. The number of nitrogens with two attached hydrogens (primary N) is 1. The van der Waals surface area contributed by atoms with Crippen LogP contribution in [0.1, 0.15) is 28.9 Å². The van der Waals surface area contributed by atoms with Crippen molar-refractivity contribution in [1.29, 1.82) is 0 Å². The van der Waals surface area contributed by atoms with Gasteiger partial charge < -0.3 is 20.4 Å². The number of hydrogen-bond donors (Lipinski definition) is 2. The number of nitrogens with one attached hydrogen (secondary N) is 1. The van der Waals surface area contributed by atoms with Crippen molar-refractivity contribution in [2.75, 3.05) is 18.2 Å². The Morgan fingerprint density at radius 2 is 2.09 bits per heavy atom. The number of pyridine rings is 1. The van der Waals surface area contributed by atoms with Crippen LogP contribution in [0.4, 0.5) is 15.9 Å². The highest BCUT2D eigenvalue weighted by Gasteiger charge is 2.25. The van der Waals surface area contributed by atoms with Gasteiger partial charge in [0, 0.05) is 23.6 Å². The van der Waals surface area contributed by atoms with Crippen molar-refractivity contribution in [3.63, 3.8) is 0 Å². The van der Waals surface area contributed by atoms with Gasteiger partial charge in [-0.25, -0.2) is 14.4 Å². The summed E-state index contributed by atoms with van der Waals surface area (Å²) in [6.07, 6.45) is 5.77. The van der Waals surface area contributed by atoms with Crippen molar-refractivity contribution < 1.29 is 13.9 Å². The number of methoxy groups -OCH3 is 1. The van der Waals surface area contributed by atoms with E-state index in [9.17, 15) is 9.18 Å². The molecule has 3 aromatic heterocycles. The highest BCUT2D eigenvalue weighted by Crippen LogP contribution is 2.38. The van der Waals surface area contributed by atoms with Gasteiger partial charge in [0.05, 0.1) is 30.4 Å². The largest absolute Gasteiger partial charge is 0.494 e. The lowest BCUT2D eigenvalue weighted by Crippen LogP contribution is -2.17. The Morgan fingerprint density at radius 1 is 1.24 bits per heavy atom. The molecular weight excluding hydrogens is 423 g/mol. The lowest BCUT2D eigenvalue weighted by molar-refractivity contribution is -0.115. The first-order valence-corrected chi connectivity index (χ1v) is 10.7. The van der Waals surface area contributed by atoms with E-state index < -0.39 is 5.82 Å². The summed E-state index contributed by atoms with van der Waals surface area (Å²) < 4.78 is 21.7. The molecule has 0 bridgehead atoms. The summed E-state index contributed by atoms with van der Waals surface area (Å²) in [5, 5.41) is 2.80. The van der Waals surface area contributed by atoms with Crippen LogP contribution in [0, 0.1) is 12.7 Å². The minimum Gasteiger partial charge on any atom is -0.494 e. The number of aromatic nitrogens is 4. The number of amides is 1. The standard InChI is InChI=1S/C24H23FN6O2/c1-13-8-16(25)18(27-11-13)10-21(32)30-17-7-6-14(9-20(17)33-2)31-19-5-3-4-15(19)22-23(31)24(26)29-12-28-22/h6-9,11-12H,3-5,10H2,1-2H3,(H,30,32)(H2,26,28,29). The molecule has 4 aromatic rings. The zero-order valence-electron chi connectivity index (χ0n) is 18.4. The zero-order chi connectivity index (χ0) is 23.1. The third-order valence-corrected chi connectivity index (χ3v) is 5.92. The molecule has 1 aromatic carbocycles. The van der Waals surface area contributed by atoms with Gasteiger partial charge in [0.15, 0.2) is 5.82 Å². The van der Waals surface area contributed by atoms with Crippen LogP contribution in [0.25, 0.3) is 16.7 Å². The second-order valence-electron chi connectivity index (χ2n) is 8.12. The van der Waals surface area contributed by atoms with E-state index in [1.165, 1.54) is 31.3 Å². The molecule has 1 amide bonds. The van der Waals surface area contributed by atoms with E-state index in [0.717, 1.165) is 41.7 Å². The highest BCUT2D eigenvalue weighted by atomic mass is 19.1. The number of carbonyl (C=O) groups is 1. The molecule has 8 nitrogen and oxygen atoms in total. The molecular formula is C24H23FN6O2. The van der Waals surface area contributed by atoms with Gasteiger partial charge >= 0.3 is 0 Å². The molecule has 0 saturated carbocycles. The minimum atomic E-state index is -0.499. The fourth-order valence-electron chi connectivity index (χ4n) is 4.44. The quantitative estimate of drug-likeness (QED) is 0.486. The Bertz CT molecular complexity index is 1400. The molecule has 3 N–H and O–H groups in total. The van der Waals surface area contributed by atoms with E-state index in [1.54, 1.807) is 13.0 Å². The average molecular weight is 446 g/mol. The predicted octanol–water partition coefficient (Wildman–Crippen LogP) is 3.52. The van der Waals surface area contributed by atoms with Crippen LogP contribution in [0.15, 0.2) is 36.8 Å². The maximum absolute atomic E-state index is 14.1. The van der Waals surface area contributed by atoms with Gasteiger partial charge in [0.1, 0.15) is 23.4 Å². The van der Waals surface area contributed by atoms with Crippen LogP contribution in [0.3, 0.4) is 0 Å². The lowest BCUT2D eigenvalue weighted by atomic mass is 10.2. The molecule has 5 rings (SSSR count). The fourth-order valence-corrected chi connectivity index (χ4v) is 4.44. The van der Waals surface area contributed by atoms with Crippen molar-refractivity contribution in [1.82, 2.24) is 19.5 Å². The van der Waals surface area contributed by atoms with Gasteiger partial charge in [0.2, 0.25) is 5.91 Å². The van der Waals surface area contributed by atoms with E-state index in [2.05, 4.69) is 24.8 Å². The Morgan fingerprint density at radius 3 is 2.88 bits per heavy atom. The van der Waals surface area contributed by atoms with Gasteiger partial charge in [-0.05, 0) is 55.5 Å². The van der Waals surface area contributed by atoms with Gasteiger partial charge in [-0.2, -0.15) is 0 Å². The number of fused-ring (bicyclic) bond motifs is 3. The molecule has 3 heterocycles. The number of halogens is 1.